The van der Waals surface area contributed by atoms with E-state index >= 15 is 0 Å². The van der Waals surface area contributed by atoms with E-state index in [0.29, 0.717) is 22.1 Å². The molecule has 0 saturated heterocycles. The van der Waals surface area contributed by atoms with Crippen molar-refractivity contribution in [2.75, 3.05) is 39.3 Å². The van der Waals surface area contributed by atoms with Crippen molar-refractivity contribution in [3.8, 4) is 23.0 Å². The second-order valence-corrected chi connectivity index (χ2v) is 14.2. The molecule has 47 heavy (non-hydrogen) atoms. The zero-order valence-electron chi connectivity index (χ0n) is 27.7. The van der Waals surface area contributed by atoms with Crippen LogP contribution in [0.4, 0.5) is 5.69 Å². The number of carbonyl (C=O) groups excluding carboxylic acids is 2. The van der Waals surface area contributed by atoms with Crippen LogP contribution in [0, 0.1) is 0 Å². The summed E-state index contributed by atoms with van der Waals surface area (Å²) in [5.41, 5.74) is 0.0270. The SMILES string of the molecule is CC[C@H](C(=O)NC(C)(C)C)N(Cc1ccc(Cl)c(Cl)c1)C(=O)CN(c1cc(OC)ccc1OC)S(=O)(=O)c1ccc(OC)c(OC)c1. The van der Waals surface area contributed by atoms with Crippen molar-refractivity contribution in [1.82, 2.24) is 10.2 Å². The standard InChI is InChI=1S/C33H41Cl2N3O8S/c1-9-26(32(40)36-33(2,3)4)37(19-21-10-13-24(34)25(35)16-21)31(39)20-38(27-17-22(43-5)11-14-28(27)44-6)47(41,42)23-12-15-29(45-7)30(18-23)46-8/h10-18,26H,9,19-20H2,1-8H3,(H,36,40)/t26-/m1/s1. The molecule has 256 valence electrons. The fourth-order valence-electron chi connectivity index (χ4n) is 4.82. The molecule has 0 bridgehead atoms. The summed E-state index contributed by atoms with van der Waals surface area (Å²) >= 11 is 12.4. The van der Waals surface area contributed by atoms with E-state index in [1.54, 1.807) is 31.2 Å². The van der Waals surface area contributed by atoms with Crippen molar-refractivity contribution in [3.05, 3.63) is 70.2 Å². The van der Waals surface area contributed by atoms with Crippen LogP contribution in [0.1, 0.15) is 39.7 Å². The number of hydrogen-bond donors (Lipinski definition) is 1. The van der Waals surface area contributed by atoms with Crippen LogP contribution in [0.2, 0.25) is 10.0 Å². The van der Waals surface area contributed by atoms with E-state index in [1.807, 2.05) is 20.8 Å². The fourth-order valence-corrected chi connectivity index (χ4v) is 6.57. The highest BCUT2D eigenvalue weighted by molar-refractivity contribution is 7.92. The van der Waals surface area contributed by atoms with Gasteiger partial charge in [-0.25, -0.2) is 8.42 Å². The third-order valence-corrected chi connectivity index (χ3v) is 9.59. The fraction of sp³-hybridized carbons (Fsp3) is 0.394. The summed E-state index contributed by atoms with van der Waals surface area (Å²) in [6.07, 6.45) is 0.236. The molecule has 0 heterocycles. The maximum atomic E-state index is 14.5. The highest BCUT2D eigenvalue weighted by atomic mass is 35.5. The Morgan fingerprint density at radius 1 is 0.830 bits per heavy atom. The monoisotopic (exact) mass is 709 g/mol. The number of ether oxygens (including phenoxy) is 4. The van der Waals surface area contributed by atoms with Gasteiger partial charge < -0.3 is 29.2 Å². The summed E-state index contributed by atoms with van der Waals surface area (Å²) in [7, 11) is 1.14. The van der Waals surface area contributed by atoms with Gasteiger partial charge in [0.25, 0.3) is 10.0 Å². The average molecular weight is 711 g/mol. The average Bonchev–Trinajstić information content (AvgIpc) is 3.03. The van der Waals surface area contributed by atoms with Crippen LogP contribution in [0.25, 0.3) is 0 Å². The molecule has 0 aromatic heterocycles. The number of nitrogens with zero attached hydrogens (tertiary/aromatic N) is 2. The topological polar surface area (TPSA) is 124 Å². The summed E-state index contributed by atoms with van der Waals surface area (Å²) < 4.78 is 51.5. The quantitative estimate of drug-likeness (QED) is 0.218. The summed E-state index contributed by atoms with van der Waals surface area (Å²) in [4.78, 5) is 29.2. The normalized spacial score (nSPS) is 12.1. The molecule has 3 rings (SSSR count). The van der Waals surface area contributed by atoms with Crippen LogP contribution >= 0.6 is 23.2 Å². The van der Waals surface area contributed by atoms with E-state index in [2.05, 4.69) is 5.32 Å². The van der Waals surface area contributed by atoms with Gasteiger partial charge >= 0.3 is 0 Å². The largest absolute Gasteiger partial charge is 0.497 e. The van der Waals surface area contributed by atoms with Gasteiger partial charge in [0, 0.05) is 24.2 Å². The number of anilines is 1. The molecule has 0 unspecified atom stereocenters. The molecule has 11 nitrogen and oxygen atoms in total. The van der Waals surface area contributed by atoms with Gasteiger partial charge in [0.15, 0.2) is 11.5 Å². The Balaban J connectivity index is 2.22. The van der Waals surface area contributed by atoms with Crippen molar-refractivity contribution in [1.29, 1.82) is 0 Å². The van der Waals surface area contributed by atoms with Crippen LogP contribution in [0.5, 0.6) is 23.0 Å². The maximum absolute atomic E-state index is 14.5. The first-order valence-corrected chi connectivity index (χ1v) is 16.8. The van der Waals surface area contributed by atoms with E-state index in [0.717, 1.165) is 4.31 Å². The summed E-state index contributed by atoms with van der Waals surface area (Å²) in [6, 6.07) is 12.6. The Labute approximate surface area is 286 Å². The molecule has 2 amide bonds. The zero-order chi connectivity index (χ0) is 35.1. The number of amides is 2. The number of hydrogen-bond acceptors (Lipinski definition) is 8. The molecule has 0 aliphatic carbocycles. The highest BCUT2D eigenvalue weighted by Gasteiger charge is 2.36. The number of sulfonamides is 1. The van der Waals surface area contributed by atoms with Crippen LogP contribution < -0.4 is 28.6 Å². The molecular weight excluding hydrogens is 669 g/mol. The van der Waals surface area contributed by atoms with Gasteiger partial charge in [-0.2, -0.15) is 0 Å². The van der Waals surface area contributed by atoms with Crippen molar-refractivity contribution in [3.63, 3.8) is 0 Å². The Kier molecular flexibility index (Phi) is 12.6. The molecule has 0 aliphatic rings. The van der Waals surface area contributed by atoms with Crippen LogP contribution in [0.3, 0.4) is 0 Å². The van der Waals surface area contributed by atoms with Gasteiger partial charge in [0.2, 0.25) is 11.8 Å². The highest BCUT2D eigenvalue weighted by Crippen LogP contribution is 2.38. The van der Waals surface area contributed by atoms with Gasteiger partial charge in [-0.1, -0.05) is 36.2 Å². The Morgan fingerprint density at radius 3 is 2.02 bits per heavy atom. The number of rotatable bonds is 14. The number of carbonyl (C=O) groups is 2. The van der Waals surface area contributed by atoms with Crippen LogP contribution in [0.15, 0.2) is 59.5 Å². The van der Waals surface area contributed by atoms with Crippen molar-refractivity contribution in [2.24, 2.45) is 0 Å². The second kappa shape index (κ2) is 15.8. The molecule has 1 N–H and O–H groups in total. The molecule has 0 radical (unpaired) electrons. The predicted molar refractivity (Wildman–Crippen MR) is 183 cm³/mol. The molecular formula is C33H41Cl2N3O8S. The number of benzene rings is 3. The number of methoxy groups -OCH3 is 4. The van der Waals surface area contributed by atoms with Gasteiger partial charge in [-0.3, -0.25) is 13.9 Å². The van der Waals surface area contributed by atoms with E-state index in [9.17, 15) is 18.0 Å². The summed E-state index contributed by atoms with van der Waals surface area (Å²) in [5.74, 6) is -0.0942. The van der Waals surface area contributed by atoms with Crippen molar-refractivity contribution >= 4 is 50.7 Å². The lowest BCUT2D eigenvalue weighted by molar-refractivity contribution is -0.141. The third-order valence-electron chi connectivity index (χ3n) is 7.10. The van der Waals surface area contributed by atoms with Crippen LogP contribution in [-0.4, -0.2) is 71.7 Å². The zero-order valence-corrected chi connectivity index (χ0v) is 30.0. The molecule has 0 saturated carbocycles. The van der Waals surface area contributed by atoms with Gasteiger partial charge in [0.05, 0.1) is 49.1 Å². The molecule has 0 fully saturated rings. The van der Waals surface area contributed by atoms with E-state index in [-0.39, 0.29) is 40.1 Å². The molecule has 3 aromatic rings. The van der Waals surface area contributed by atoms with Gasteiger partial charge in [-0.05, 0) is 69.2 Å². The van der Waals surface area contributed by atoms with E-state index in [1.165, 1.54) is 63.7 Å². The van der Waals surface area contributed by atoms with Crippen molar-refractivity contribution < 1.29 is 37.0 Å². The lowest BCUT2D eigenvalue weighted by Crippen LogP contribution is -2.55. The molecule has 0 aliphatic heterocycles. The minimum absolute atomic E-state index is 0.0386. The van der Waals surface area contributed by atoms with E-state index in [4.69, 9.17) is 42.1 Å². The van der Waals surface area contributed by atoms with Crippen LogP contribution in [-0.2, 0) is 26.2 Å². The Hall–Kier alpha value is -3.87. The molecule has 14 heteroatoms. The lowest BCUT2D eigenvalue weighted by atomic mass is 10.1. The first-order chi connectivity index (χ1) is 22.1. The lowest BCUT2D eigenvalue weighted by Gasteiger charge is -2.35. The number of halogens is 2. The predicted octanol–water partition coefficient (Wildman–Crippen LogP) is 5.95. The first-order valence-electron chi connectivity index (χ1n) is 14.6. The van der Waals surface area contributed by atoms with Gasteiger partial charge in [0.1, 0.15) is 24.1 Å². The molecule has 0 spiro atoms. The summed E-state index contributed by atoms with van der Waals surface area (Å²) in [6.45, 7) is 6.48. The number of nitrogens with one attached hydrogen (secondary N) is 1. The van der Waals surface area contributed by atoms with Gasteiger partial charge in [-0.15, -0.1) is 0 Å². The Morgan fingerprint density at radius 2 is 1.47 bits per heavy atom. The Bertz CT molecular complexity index is 1700. The third kappa shape index (κ3) is 9.15. The second-order valence-electron chi connectivity index (χ2n) is 11.5. The van der Waals surface area contributed by atoms with Crippen molar-refractivity contribution in [2.45, 2.75) is 57.1 Å². The maximum Gasteiger partial charge on any atom is 0.265 e. The summed E-state index contributed by atoms with van der Waals surface area (Å²) in [5, 5.41) is 3.52. The first kappa shape index (κ1) is 37.6. The molecule has 1 atom stereocenters. The minimum Gasteiger partial charge on any atom is -0.497 e. The minimum atomic E-state index is -4.49. The smallest absolute Gasteiger partial charge is 0.265 e. The van der Waals surface area contributed by atoms with E-state index < -0.39 is 40.0 Å². The molecule has 3 aromatic carbocycles.